The Kier molecular flexibility index (Phi) is 4.96. The van der Waals surface area contributed by atoms with Crippen molar-refractivity contribution in [1.82, 2.24) is 0 Å². The van der Waals surface area contributed by atoms with Crippen molar-refractivity contribution < 1.29 is 13.5 Å². The molecule has 0 fully saturated rings. The van der Waals surface area contributed by atoms with Gasteiger partial charge in [0.1, 0.15) is 5.75 Å². The van der Waals surface area contributed by atoms with Gasteiger partial charge in [0.05, 0.1) is 0 Å². The molecular formula is C16H16BrF2NO. The third-order valence-corrected chi connectivity index (χ3v) is 3.59. The molecule has 0 spiro atoms. The fraction of sp³-hybridized carbons (Fsp3) is 0.250. The summed E-state index contributed by atoms with van der Waals surface area (Å²) >= 11 is 3.36. The van der Waals surface area contributed by atoms with Gasteiger partial charge in [-0.25, -0.2) is 0 Å². The highest BCUT2D eigenvalue weighted by molar-refractivity contribution is 9.10. The van der Waals surface area contributed by atoms with E-state index in [0.717, 1.165) is 10.0 Å². The van der Waals surface area contributed by atoms with Crippen molar-refractivity contribution in [2.45, 2.75) is 19.4 Å². The van der Waals surface area contributed by atoms with Crippen molar-refractivity contribution in [3.8, 4) is 5.75 Å². The van der Waals surface area contributed by atoms with Crippen molar-refractivity contribution in [3.05, 3.63) is 63.6 Å². The molecule has 0 amide bonds. The molecule has 21 heavy (non-hydrogen) atoms. The predicted octanol–water partition coefficient (Wildman–Crippen LogP) is 4.39. The van der Waals surface area contributed by atoms with Gasteiger partial charge in [-0.3, -0.25) is 0 Å². The maximum Gasteiger partial charge on any atom is 0.306 e. The minimum Gasteiger partial charge on any atom is -0.486 e. The Morgan fingerprint density at radius 3 is 2.48 bits per heavy atom. The fourth-order valence-corrected chi connectivity index (χ4v) is 2.71. The topological polar surface area (TPSA) is 35.2 Å². The molecule has 0 heterocycles. The van der Waals surface area contributed by atoms with Crippen molar-refractivity contribution in [2.75, 3.05) is 6.61 Å². The highest BCUT2D eigenvalue weighted by Crippen LogP contribution is 2.32. The molecule has 2 N–H and O–H groups in total. The van der Waals surface area contributed by atoms with Crippen LogP contribution in [-0.2, 0) is 12.5 Å². The van der Waals surface area contributed by atoms with E-state index in [1.807, 2.05) is 6.07 Å². The van der Waals surface area contributed by atoms with Crippen LogP contribution in [0.2, 0.25) is 0 Å². The Labute approximate surface area is 131 Å². The van der Waals surface area contributed by atoms with Crippen LogP contribution in [0.25, 0.3) is 0 Å². The predicted molar refractivity (Wildman–Crippen MR) is 82.6 cm³/mol. The van der Waals surface area contributed by atoms with Crippen LogP contribution in [0, 0.1) is 6.92 Å². The van der Waals surface area contributed by atoms with Crippen LogP contribution in [0.4, 0.5) is 8.78 Å². The second kappa shape index (κ2) is 6.54. The van der Waals surface area contributed by atoms with Crippen LogP contribution >= 0.6 is 15.9 Å². The summed E-state index contributed by atoms with van der Waals surface area (Å²) in [6, 6.07) is 11.2. The van der Waals surface area contributed by atoms with E-state index in [1.165, 1.54) is 12.1 Å². The van der Waals surface area contributed by atoms with Gasteiger partial charge in [0, 0.05) is 22.1 Å². The monoisotopic (exact) mass is 355 g/mol. The molecule has 0 saturated heterocycles. The molecular weight excluding hydrogens is 340 g/mol. The number of hydrogen-bond donors (Lipinski definition) is 1. The van der Waals surface area contributed by atoms with Crippen LogP contribution in [0.5, 0.6) is 5.75 Å². The summed E-state index contributed by atoms with van der Waals surface area (Å²) in [5.41, 5.74) is 7.06. The molecule has 2 aromatic rings. The summed E-state index contributed by atoms with van der Waals surface area (Å²) < 4.78 is 34.5. The SMILES string of the molecule is Cc1cc(Br)cc(CN)c1OCC(F)(F)c1ccccc1. The van der Waals surface area contributed by atoms with Crippen molar-refractivity contribution in [1.29, 1.82) is 0 Å². The molecule has 2 nitrogen and oxygen atoms in total. The second-order valence-electron chi connectivity index (χ2n) is 4.77. The third-order valence-electron chi connectivity index (χ3n) is 3.13. The number of alkyl halides is 2. The van der Waals surface area contributed by atoms with Crippen LogP contribution in [0.3, 0.4) is 0 Å². The summed E-state index contributed by atoms with van der Waals surface area (Å²) in [6.45, 7) is 1.32. The molecule has 0 unspecified atom stereocenters. The van der Waals surface area contributed by atoms with E-state index in [1.54, 1.807) is 31.2 Å². The lowest BCUT2D eigenvalue weighted by Gasteiger charge is -2.20. The third kappa shape index (κ3) is 3.80. The maximum atomic E-state index is 14.1. The molecule has 5 heteroatoms. The van der Waals surface area contributed by atoms with E-state index in [0.29, 0.717) is 11.3 Å². The first-order valence-electron chi connectivity index (χ1n) is 6.49. The molecule has 0 radical (unpaired) electrons. The average Bonchev–Trinajstić information content (AvgIpc) is 2.46. The van der Waals surface area contributed by atoms with Crippen molar-refractivity contribution in [2.24, 2.45) is 5.73 Å². The Hall–Kier alpha value is -1.46. The lowest BCUT2D eigenvalue weighted by atomic mass is 10.1. The fourth-order valence-electron chi connectivity index (χ4n) is 2.09. The number of halogens is 3. The van der Waals surface area contributed by atoms with E-state index in [4.69, 9.17) is 10.5 Å². The Bertz CT molecular complexity index is 617. The minimum absolute atomic E-state index is 0.0611. The van der Waals surface area contributed by atoms with Gasteiger partial charge in [-0.2, -0.15) is 8.78 Å². The number of ether oxygens (including phenoxy) is 1. The molecule has 0 atom stereocenters. The first-order valence-corrected chi connectivity index (χ1v) is 7.28. The van der Waals surface area contributed by atoms with Gasteiger partial charge in [-0.1, -0.05) is 46.3 Å². The zero-order valence-electron chi connectivity index (χ0n) is 11.6. The standard InChI is InChI=1S/C16H16BrF2NO/c1-11-7-14(17)8-12(9-20)15(11)21-10-16(18,19)13-5-3-2-4-6-13/h2-8H,9-10,20H2,1H3. The largest absolute Gasteiger partial charge is 0.486 e. The quantitative estimate of drug-likeness (QED) is 0.863. The molecule has 0 saturated carbocycles. The smallest absolute Gasteiger partial charge is 0.306 e. The zero-order valence-corrected chi connectivity index (χ0v) is 13.2. The van der Waals surface area contributed by atoms with Crippen LogP contribution in [0.15, 0.2) is 46.9 Å². The summed E-state index contributed by atoms with van der Waals surface area (Å²) in [5.74, 6) is -2.62. The zero-order chi connectivity index (χ0) is 15.5. The Morgan fingerprint density at radius 2 is 1.86 bits per heavy atom. The second-order valence-corrected chi connectivity index (χ2v) is 5.69. The van der Waals surface area contributed by atoms with Crippen molar-refractivity contribution in [3.63, 3.8) is 0 Å². The first kappa shape index (κ1) is 15.9. The van der Waals surface area contributed by atoms with E-state index in [-0.39, 0.29) is 12.1 Å². The van der Waals surface area contributed by atoms with E-state index >= 15 is 0 Å². The molecule has 0 aromatic heterocycles. The minimum atomic E-state index is -3.05. The number of rotatable bonds is 5. The first-order chi connectivity index (χ1) is 9.94. The van der Waals surface area contributed by atoms with Gasteiger partial charge >= 0.3 is 5.92 Å². The van der Waals surface area contributed by atoms with Crippen molar-refractivity contribution >= 4 is 15.9 Å². The normalized spacial score (nSPS) is 11.5. The summed E-state index contributed by atoms with van der Waals surface area (Å²) in [4.78, 5) is 0. The molecule has 0 bridgehead atoms. The maximum absolute atomic E-state index is 14.1. The van der Waals surface area contributed by atoms with Crippen LogP contribution < -0.4 is 10.5 Å². The Balaban J connectivity index is 2.20. The number of benzene rings is 2. The van der Waals surface area contributed by atoms with Gasteiger partial charge in [0.15, 0.2) is 6.61 Å². The lowest BCUT2D eigenvalue weighted by Crippen LogP contribution is -2.23. The molecule has 112 valence electrons. The van der Waals surface area contributed by atoms with E-state index in [2.05, 4.69) is 15.9 Å². The number of nitrogens with two attached hydrogens (primary N) is 1. The highest BCUT2D eigenvalue weighted by atomic mass is 79.9. The molecule has 0 aliphatic carbocycles. The number of aryl methyl sites for hydroxylation is 1. The molecule has 0 aliphatic heterocycles. The summed E-state index contributed by atoms with van der Waals surface area (Å²) in [7, 11) is 0. The van der Waals surface area contributed by atoms with Gasteiger partial charge in [-0.15, -0.1) is 0 Å². The number of hydrogen-bond acceptors (Lipinski definition) is 2. The van der Waals surface area contributed by atoms with Gasteiger partial charge in [0.25, 0.3) is 0 Å². The van der Waals surface area contributed by atoms with E-state index < -0.39 is 12.5 Å². The summed E-state index contributed by atoms with van der Waals surface area (Å²) in [5, 5.41) is 0. The van der Waals surface area contributed by atoms with Crippen LogP contribution in [-0.4, -0.2) is 6.61 Å². The highest BCUT2D eigenvalue weighted by Gasteiger charge is 2.32. The van der Waals surface area contributed by atoms with Gasteiger partial charge in [-0.05, 0) is 24.6 Å². The Morgan fingerprint density at radius 1 is 1.19 bits per heavy atom. The molecule has 0 aliphatic rings. The van der Waals surface area contributed by atoms with Gasteiger partial charge < -0.3 is 10.5 Å². The summed E-state index contributed by atoms with van der Waals surface area (Å²) in [6.07, 6.45) is 0. The lowest BCUT2D eigenvalue weighted by molar-refractivity contribution is -0.0470. The molecule has 2 rings (SSSR count). The van der Waals surface area contributed by atoms with Crippen LogP contribution in [0.1, 0.15) is 16.7 Å². The molecule has 2 aromatic carbocycles. The average molecular weight is 356 g/mol. The van der Waals surface area contributed by atoms with E-state index in [9.17, 15) is 8.78 Å². The van der Waals surface area contributed by atoms with Gasteiger partial charge in [0.2, 0.25) is 0 Å².